The second-order valence-electron chi connectivity index (χ2n) is 7.93. The maximum absolute atomic E-state index is 14.9. The molecule has 0 saturated carbocycles. The minimum absolute atomic E-state index is 0.362. The van der Waals surface area contributed by atoms with Crippen molar-refractivity contribution in [1.82, 2.24) is 9.55 Å². The molecule has 2 aromatic carbocycles. The first-order valence-electron chi connectivity index (χ1n) is 11.0. The van der Waals surface area contributed by atoms with Crippen LogP contribution >= 0.6 is 0 Å². The van der Waals surface area contributed by atoms with Crippen LogP contribution in [0.25, 0.3) is 11.0 Å². The molecule has 2 heterocycles. The van der Waals surface area contributed by atoms with Crippen LogP contribution in [0.3, 0.4) is 0 Å². The van der Waals surface area contributed by atoms with E-state index in [4.69, 9.17) is 4.74 Å². The van der Waals surface area contributed by atoms with Crippen LogP contribution in [-0.2, 0) is 9.53 Å². The number of esters is 1. The summed E-state index contributed by atoms with van der Waals surface area (Å²) in [5.41, 5.74) is 3.07. The van der Waals surface area contributed by atoms with Gasteiger partial charge < -0.3 is 10.1 Å². The molecule has 0 bridgehead atoms. The second-order valence-corrected chi connectivity index (χ2v) is 7.93. The van der Waals surface area contributed by atoms with Crippen molar-refractivity contribution < 1.29 is 13.9 Å². The molecular weight excluding hydrogens is 393 g/mol. The first-order chi connectivity index (χ1) is 15.1. The number of halogens is 1. The Morgan fingerprint density at radius 2 is 1.84 bits per heavy atom. The van der Waals surface area contributed by atoms with E-state index in [2.05, 4.69) is 17.2 Å². The summed E-state index contributed by atoms with van der Waals surface area (Å²) >= 11 is 0. The number of nitrogens with zero attached hydrogens (tertiary/aromatic N) is 2. The highest BCUT2D eigenvalue weighted by Gasteiger charge is 2.36. The van der Waals surface area contributed by atoms with Gasteiger partial charge in [0, 0.05) is 11.3 Å². The fourth-order valence-corrected chi connectivity index (χ4v) is 4.17. The first kappa shape index (κ1) is 21.1. The molecule has 1 aromatic heterocycles. The third-order valence-electron chi connectivity index (χ3n) is 5.73. The lowest BCUT2D eigenvalue weighted by atomic mass is 9.94. The van der Waals surface area contributed by atoms with Crippen LogP contribution in [0.1, 0.15) is 57.6 Å². The molecule has 0 spiro atoms. The largest absolute Gasteiger partial charge is 0.462 e. The number of para-hydroxylation sites is 2. The average molecular weight is 422 g/mol. The SMILES string of the molecule is CCCCCCCOC(=O)C1=C(C)Nc2nc3ccccc3n2C1c1ccccc1F. The van der Waals surface area contributed by atoms with Crippen LogP contribution in [0.5, 0.6) is 0 Å². The number of nitrogens with one attached hydrogen (secondary N) is 1. The predicted octanol–water partition coefficient (Wildman–Crippen LogP) is 5.98. The Hall–Kier alpha value is -3.15. The highest BCUT2D eigenvalue weighted by molar-refractivity contribution is 5.94. The normalized spacial score (nSPS) is 15.6. The fraction of sp³-hybridized carbons (Fsp3) is 0.360. The quantitative estimate of drug-likeness (QED) is 0.359. The molecule has 31 heavy (non-hydrogen) atoms. The average Bonchev–Trinajstić information content (AvgIpc) is 3.13. The number of benzene rings is 2. The minimum Gasteiger partial charge on any atom is -0.462 e. The summed E-state index contributed by atoms with van der Waals surface area (Å²) in [6, 6.07) is 13.6. The van der Waals surface area contributed by atoms with Gasteiger partial charge in [-0.15, -0.1) is 0 Å². The van der Waals surface area contributed by atoms with Crippen molar-refractivity contribution in [2.75, 3.05) is 11.9 Å². The fourth-order valence-electron chi connectivity index (χ4n) is 4.17. The molecule has 5 nitrogen and oxygen atoms in total. The van der Waals surface area contributed by atoms with Gasteiger partial charge in [-0.2, -0.15) is 0 Å². The summed E-state index contributed by atoms with van der Waals surface area (Å²) in [5.74, 6) is -0.198. The van der Waals surface area contributed by atoms with E-state index in [1.807, 2.05) is 35.8 Å². The Labute approximate surface area is 181 Å². The molecule has 3 aromatic rings. The van der Waals surface area contributed by atoms with Gasteiger partial charge in [0.05, 0.1) is 29.3 Å². The van der Waals surface area contributed by atoms with Crippen molar-refractivity contribution in [3.05, 3.63) is 71.2 Å². The zero-order valence-corrected chi connectivity index (χ0v) is 18.0. The number of carbonyl (C=O) groups is 1. The smallest absolute Gasteiger partial charge is 0.338 e. The van der Waals surface area contributed by atoms with Crippen molar-refractivity contribution in [3.63, 3.8) is 0 Å². The third-order valence-corrected chi connectivity index (χ3v) is 5.73. The maximum atomic E-state index is 14.9. The second kappa shape index (κ2) is 9.33. The third kappa shape index (κ3) is 4.20. The molecule has 0 amide bonds. The topological polar surface area (TPSA) is 56.1 Å². The zero-order valence-electron chi connectivity index (χ0n) is 18.0. The highest BCUT2D eigenvalue weighted by atomic mass is 19.1. The van der Waals surface area contributed by atoms with Crippen LogP contribution in [0.15, 0.2) is 59.8 Å². The van der Waals surface area contributed by atoms with E-state index in [0.717, 1.165) is 30.3 Å². The number of fused-ring (bicyclic) bond motifs is 3. The Morgan fingerprint density at radius 1 is 1.10 bits per heavy atom. The van der Waals surface area contributed by atoms with Crippen molar-refractivity contribution in [2.45, 2.75) is 52.0 Å². The van der Waals surface area contributed by atoms with Crippen LogP contribution in [0.4, 0.5) is 10.3 Å². The Balaban J connectivity index is 1.70. The van der Waals surface area contributed by atoms with E-state index in [9.17, 15) is 9.18 Å². The number of carbonyl (C=O) groups excluding carboxylic acids is 1. The van der Waals surface area contributed by atoms with Gasteiger partial charge in [-0.05, 0) is 31.5 Å². The number of unbranched alkanes of at least 4 members (excludes halogenated alkanes) is 4. The van der Waals surface area contributed by atoms with E-state index in [1.165, 1.54) is 18.9 Å². The first-order valence-corrected chi connectivity index (χ1v) is 11.0. The Morgan fingerprint density at radius 3 is 2.65 bits per heavy atom. The van der Waals surface area contributed by atoms with E-state index < -0.39 is 12.0 Å². The van der Waals surface area contributed by atoms with Gasteiger partial charge in [0.15, 0.2) is 0 Å². The zero-order chi connectivity index (χ0) is 21.8. The molecule has 0 saturated heterocycles. The van der Waals surface area contributed by atoms with Crippen LogP contribution in [-0.4, -0.2) is 22.1 Å². The molecule has 0 radical (unpaired) electrons. The molecule has 0 aliphatic carbocycles. The summed E-state index contributed by atoms with van der Waals surface area (Å²) in [4.78, 5) is 17.8. The lowest BCUT2D eigenvalue weighted by Crippen LogP contribution is -2.29. The molecule has 162 valence electrons. The van der Waals surface area contributed by atoms with E-state index in [-0.39, 0.29) is 5.82 Å². The lowest BCUT2D eigenvalue weighted by molar-refractivity contribution is -0.139. The highest BCUT2D eigenvalue weighted by Crippen LogP contribution is 2.40. The van der Waals surface area contributed by atoms with E-state index >= 15 is 0 Å². The lowest BCUT2D eigenvalue weighted by Gasteiger charge is -2.30. The van der Waals surface area contributed by atoms with Crippen LogP contribution in [0, 0.1) is 5.82 Å². The minimum atomic E-state index is -0.655. The van der Waals surface area contributed by atoms with Gasteiger partial charge in [0.1, 0.15) is 5.82 Å². The van der Waals surface area contributed by atoms with Gasteiger partial charge in [0.2, 0.25) is 5.95 Å². The molecule has 1 unspecified atom stereocenters. The number of hydrogen-bond donors (Lipinski definition) is 1. The molecule has 1 aliphatic rings. The van der Waals surface area contributed by atoms with Crippen molar-refractivity contribution in [3.8, 4) is 0 Å². The van der Waals surface area contributed by atoms with Gasteiger partial charge in [-0.3, -0.25) is 4.57 Å². The summed E-state index contributed by atoms with van der Waals surface area (Å²) < 4.78 is 22.5. The molecule has 1 N–H and O–H groups in total. The van der Waals surface area contributed by atoms with E-state index in [0.29, 0.717) is 29.4 Å². The summed E-state index contributed by atoms with van der Waals surface area (Å²) in [7, 11) is 0. The number of imidazole rings is 1. The maximum Gasteiger partial charge on any atom is 0.338 e. The van der Waals surface area contributed by atoms with Crippen LogP contribution in [0.2, 0.25) is 0 Å². The van der Waals surface area contributed by atoms with Crippen molar-refractivity contribution >= 4 is 23.0 Å². The van der Waals surface area contributed by atoms with Gasteiger partial charge in [-0.25, -0.2) is 14.2 Å². The molecule has 4 rings (SSSR count). The Kier molecular flexibility index (Phi) is 6.35. The van der Waals surface area contributed by atoms with Gasteiger partial charge >= 0.3 is 5.97 Å². The van der Waals surface area contributed by atoms with Crippen molar-refractivity contribution in [2.24, 2.45) is 0 Å². The number of allylic oxidation sites excluding steroid dienone is 1. The summed E-state index contributed by atoms with van der Waals surface area (Å²) in [6.45, 7) is 4.34. The monoisotopic (exact) mass is 421 g/mol. The summed E-state index contributed by atoms with van der Waals surface area (Å²) in [6.07, 6.45) is 5.36. The number of aromatic nitrogens is 2. The molecule has 1 atom stereocenters. The standard InChI is InChI=1S/C25H28FN3O2/c1-3-4-5-6-11-16-31-24(30)22-17(2)27-25-28-20-14-9-10-15-21(20)29(25)23(22)18-12-7-8-13-19(18)26/h7-10,12-15,23H,3-6,11,16H2,1-2H3,(H,27,28). The molecule has 0 fully saturated rings. The molecule has 6 heteroatoms. The van der Waals surface area contributed by atoms with Gasteiger partial charge in [-0.1, -0.05) is 62.9 Å². The molecule has 1 aliphatic heterocycles. The van der Waals surface area contributed by atoms with E-state index in [1.54, 1.807) is 18.2 Å². The molecular formula is C25H28FN3O2. The van der Waals surface area contributed by atoms with Gasteiger partial charge in [0.25, 0.3) is 0 Å². The number of hydrogen-bond acceptors (Lipinski definition) is 4. The number of ether oxygens (including phenoxy) is 1. The summed E-state index contributed by atoms with van der Waals surface area (Å²) in [5, 5.41) is 3.23. The van der Waals surface area contributed by atoms with Crippen molar-refractivity contribution in [1.29, 1.82) is 0 Å². The number of anilines is 1. The van der Waals surface area contributed by atoms with Crippen LogP contribution < -0.4 is 5.32 Å². The number of rotatable bonds is 8. The Bertz CT molecular complexity index is 1120. The predicted molar refractivity (Wildman–Crippen MR) is 120 cm³/mol.